The molecule has 0 spiro atoms. The van der Waals surface area contributed by atoms with Gasteiger partial charge < -0.3 is 14.0 Å². The lowest BCUT2D eigenvalue weighted by atomic mass is 10.0. The molecule has 0 radical (unpaired) electrons. The molecule has 5 nitrogen and oxygen atoms in total. The summed E-state index contributed by atoms with van der Waals surface area (Å²) in [6.07, 6.45) is 1.83. The fourth-order valence-corrected chi connectivity index (χ4v) is 1.80. The molecule has 0 aliphatic heterocycles. The summed E-state index contributed by atoms with van der Waals surface area (Å²) in [7, 11) is 0. The van der Waals surface area contributed by atoms with Gasteiger partial charge >= 0.3 is 0 Å². The number of aromatic nitrogens is 2. The molecule has 2 atom stereocenters. The average Bonchev–Trinajstić information content (AvgIpc) is 2.87. The predicted octanol–water partition coefficient (Wildman–Crippen LogP) is 2.51. The van der Waals surface area contributed by atoms with Gasteiger partial charge in [0.1, 0.15) is 0 Å². The van der Waals surface area contributed by atoms with E-state index in [2.05, 4.69) is 10.1 Å². The Bertz CT molecular complexity index is 487. The second kappa shape index (κ2) is 4.71. The van der Waals surface area contributed by atoms with E-state index >= 15 is 0 Å². The van der Waals surface area contributed by atoms with E-state index in [0.717, 1.165) is 12.0 Å². The van der Waals surface area contributed by atoms with Crippen molar-refractivity contribution in [2.45, 2.75) is 39.2 Å². The summed E-state index contributed by atoms with van der Waals surface area (Å²) in [5, 5.41) is 13.5. The molecule has 1 N–H and O–H groups in total. The molecule has 0 amide bonds. The predicted molar refractivity (Wildman–Crippen MR) is 61.4 cm³/mol. The smallest absolute Gasteiger partial charge is 0.238 e. The van der Waals surface area contributed by atoms with Crippen LogP contribution in [0.15, 0.2) is 21.3 Å². The first-order chi connectivity index (χ1) is 8.13. The van der Waals surface area contributed by atoms with Gasteiger partial charge in [0.25, 0.3) is 0 Å². The van der Waals surface area contributed by atoms with E-state index in [1.807, 2.05) is 19.9 Å². The van der Waals surface area contributed by atoms with Crippen LogP contribution in [0.1, 0.15) is 37.6 Å². The van der Waals surface area contributed by atoms with Crippen LogP contribution >= 0.6 is 0 Å². The zero-order valence-electron chi connectivity index (χ0n) is 10.2. The molecule has 2 rings (SSSR count). The van der Waals surface area contributed by atoms with Crippen molar-refractivity contribution in [2.75, 3.05) is 0 Å². The highest BCUT2D eigenvalue weighted by Gasteiger charge is 2.23. The molecule has 0 saturated heterocycles. The molecule has 0 saturated carbocycles. The number of aliphatic hydroxyl groups excluding tert-OH is 1. The van der Waals surface area contributed by atoms with Crippen LogP contribution in [0.2, 0.25) is 0 Å². The van der Waals surface area contributed by atoms with Gasteiger partial charge in [-0.2, -0.15) is 4.98 Å². The molecule has 2 heterocycles. The third-order valence-corrected chi connectivity index (χ3v) is 2.85. The lowest BCUT2D eigenvalue weighted by Gasteiger charge is -2.12. The lowest BCUT2D eigenvalue weighted by Crippen LogP contribution is -2.13. The van der Waals surface area contributed by atoms with Crippen molar-refractivity contribution >= 4 is 0 Å². The van der Waals surface area contributed by atoms with Crippen molar-refractivity contribution in [3.63, 3.8) is 0 Å². The van der Waals surface area contributed by atoms with Crippen LogP contribution in [-0.4, -0.2) is 21.4 Å². The fraction of sp³-hybridized carbons (Fsp3) is 0.500. The van der Waals surface area contributed by atoms with Crippen molar-refractivity contribution in [2.24, 2.45) is 0 Å². The van der Waals surface area contributed by atoms with Gasteiger partial charge in [0.15, 0.2) is 5.76 Å². The molecule has 5 heteroatoms. The summed E-state index contributed by atoms with van der Waals surface area (Å²) in [6.45, 7) is 5.61. The zero-order valence-corrected chi connectivity index (χ0v) is 10.2. The minimum Gasteiger partial charge on any atom is -0.461 e. The van der Waals surface area contributed by atoms with Crippen LogP contribution in [0.3, 0.4) is 0 Å². The van der Waals surface area contributed by atoms with Crippen LogP contribution < -0.4 is 0 Å². The number of furan rings is 1. The largest absolute Gasteiger partial charge is 0.461 e. The number of hydrogen-bond donors (Lipinski definition) is 1. The molecule has 92 valence electrons. The second-order valence-corrected chi connectivity index (χ2v) is 4.14. The SMILES string of the molecule is CCC(c1nc(-c2occc2C)no1)C(C)O. The fourth-order valence-electron chi connectivity index (χ4n) is 1.80. The number of rotatable bonds is 4. The van der Waals surface area contributed by atoms with Crippen molar-refractivity contribution in [1.29, 1.82) is 0 Å². The van der Waals surface area contributed by atoms with E-state index in [9.17, 15) is 5.11 Å². The highest BCUT2D eigenvalue weighted by molar-refractivity contribution is 5.51. The first-order valence-corrected chi connectivity index (χ1v) is 5.69. The topological polar surface area (TPSA) is 72.3 Å². The van der Waals surface area contributed by atoms with E-state index in [1.54, 1.807) is 13.2 Å². The number of hydrogen-bond acceptors (Lipinski definition) is 5. The number of aryl methyl sites for hydroxylation is 1. The first-order valence-electron chi connectivity index (χ1n) is 5.69. The van der Waals surface area contributed by atoms with Crippen LogP contribution in [-0.2, 0) is 0 Å². The Hall–Kier alpha value is -1.62. The van der Waals surface area contributed by atoms with Gasteiger partial charge in [0, 0.05) is 0 Å². The molecule has 17 heavy (non-hydrogen) atoms. The van der Waals surface area contributed by atoms with Crippen LogP contribution in [0, 0.1) is 6.92 Å². The average molecular weight is 236 g/mol. The van der Waals surface area contributed by atoms with Crippen molar-refractivity contribution in [3.05, 3.63) is 23.8 Å². The zero-order chi connectivity index (χ0) is 12.4. The van der Waals surface area contributed by atoms with E-state index < -0.39 is 6.10 Å². The number of nitrogens with zero attached hydrogens (tertiary/aromatic N) is 2. The first kappa shape index (κ1) is 11.9. The molecule has 0 fully saturated rings. The van der Waals surface area contributed by atoms with Crippen molar-refractivity contribution < 1.29 is 14.0 Å². The normalized spacial score (nSPS) is 14.8. The quantitative estimate of drug-likeness (QED) is 0.883. The number of aliphatic hydroxyl groups is 1. The molecule has 2 aromatic heterocycles. The molecule has 0 bridgehead atoms. The molecule has 0 aliphatic carbocycles. The summed E-state index contributed by atoms with van der Waals surface area (Å²) in [6, 6.07) is 1.84. The van der Waals surface area contributed by atoms with Crippen molar-refractivity contribution in [1.82, 2.24) is 10.1 Å². The summed E-state index contributed by atoms with van der Waals surface area (Å²) < 4.78 is 10.5. The highest BCUT2D eigenvalue weighted by atomic mass is 16.5. The van der Waals surface area contributed by atoms with Gasteiger partial charge in [-0.3, -0.25) is 0 Å². The Morgan fingerprint density at radius 1 is 1.47 bits per heavy atom. The molecule has 0 aliphatic rings. The summed E-state index contributed by atoms with van der Waals surface area (Å²) in [5.41, 5.74) is 0.961. The van der Waals surface area contributed by atoms with Gasteiger partial charge in [-0.05, 0) is 31.9 Å². The standard InChI is InChI=1S/C12H16N2O3/c1-4-9(8(3)15)12-13-11(14-17-12)10-7(2)5-6-16-10/h5-6,8-9,15H,4H2,1-3H3. The highest BCUT2D eigenvalue weighted by Crippen LogP contribution is 2.26. The molecular weight excluding hydrogens is 220 g/mol. The van der Waals surface area contributed by atoms with Gasteiger partial charge in [-0.1, -0.05) is 12.1 Å². The molecule has 2 aromatic rings. The van der Waals surface area contributed by atoms with E-state index in [0.29, 0.717) is 17.5 Å². The van der Waals surface area contributed by atoms with Gasteiger partial charge in [-0.25, -0.2) is 0 Å². The summed E-state index contributed by atoms with van der Waals surface area (Å²) in [4.78, 5) is 4.27. The van der Waals surface area contributed by atoms with Crippen molar-refractivity contribution in [3.8, 4) is 11.6 Å². The summed E-state index contributed by atoms with van der Waals surface area (Å²) in [5.74, 6) is 1.36. The van der Waals surface area contributed by atoms with Crippen LogP contribution in [0.5, 0.6) is 0 Å². The Balaban J connectivity index is 2.30. The van der Waals surface area contributed by atoms with Gasteiger partial charge in [0.05, 0.1) is 18.3 Å². The Kier molecular flexibility index (Phi) is 3.28. The molecular formula is C12H16N2O3. The third kappa shape index (κ3) is 2.24. The maximum atomic E-state index is 9.61. The van der Waals surface area contributed by atoms with E-state index in [1.165, 1.54) is 0 Å². The second-order valence-electron chi connectivity index (χ2n) is 4.14. The van der Waals surface area contributed by atoms with Gasteiger partial charge in [-0.15, -0.1) is 0 Å². The third-order valence-electron chi connectivity index (χ3n) is 2.85. The van der Waals surface area contributed by atoms with Crippen LogP contribution in [0.25, 0.3) is 11.6 Å². The Morgan fingerprint density at radius 2 is 2.24 bits per heavy atom. The molecule has 2 unspecified atom stereocenters. The minimum absolute atomic E-state index is 0.133. The molecule has 0 aromatic carbocycles. The minimum atomic E-state index is -0.508. The van der Waals surface area contributed by atoms with Crippen LogP contribution in [0.4, 0.5) is 0 Å². The monoisotopic (exact) mass is 236 g/mol. The lowest BCUT2D eigenvalue weighted by molar-refractivity contribution is 0.141. The maximum Gasteiger partial charge on any atom is 0.238 e. The maximum absolute atomic E-state index is 9.61. The van der Waals surface area contributed by atoms with E-state index in [-0.39, 0.29) is 5.92 Å². The Morgan fingerprint density at radius 3 is 2.76 bits per heavy atom. The van der Waals surface area contributed by atoms with E-state index in [4.69, 9.17) is 8.94 Å². The Labute approximate surface area is 99.5 Å². The summed E-state index contributed by atoms with van der Waals surface area (Å²) >= 11 is 0. The van der Waals surface area contributed by atoms with Gasteiger partial charge in [0.2, 0.25) is 11.7 Å².